The maximum absolute atomic E-state index is 13.1. The van der Waals surface area contributed by atoms with Crippen LogP contribution >= 0.6 is 0 Å². The number of benzene rings is 3. The third kappa shape index (κ3) is 11.3. The van der Waals surface area contributed by atoms with Crippen molar-refractivity contribution >= 4 is 11.9 Å². The molecule has 1 heterocycles. The molecule has 2 unspecified atom stereocenters. The molecule has 0 aliphatic rings. The molecule has 0 radical (unpaired) electrons. The molecule has 0 amide bonds. The molecule has 0 aliphatic carbocycles. The van der Waals surface area contributed by atoms with E-state index in [1.165, 1.54) is 11.6 Å². The number of methoxy groups -OCH3 is 1. The lowest BCUT2D eigenvalue weighted by Gasteiger charge is -2.25. The Bertz CT molecular complexity index is 1930. The van der Waals surface area contributed by atoms with Gasteiger partial charge in [0.25, 0.3) is 5.56 Å². The summed E-state index contributed by atoms with van der Waals surface area (Å²) < 4.78 is 30.8. The van der Waals surface area contributed by atoms with Crippen LogP contribution in [0.15, 0.2) is 82.5 Å². The zero-order valence-electron chi connectivity index (χ0n) is 31.7. The van der Waals surface area contributed by atoms with Gasteiger partial charge in [0.2, 0.25) is 0 Å². The van der Waals surface area contributed by atoms with Crippen LogP contribution in [0.5, 0.6) is 17.2 Å². The van der Waals surface area contributed by atoms with Crippen LogP contribution in [0.3, 0.4) is 0 Å². The standard InChI is InChI=1S/C42H52N2O9/c1-7-50-38(45)23-20-31-16-12-13-17-37(31)53-39(41(47)51-8-2)29(3)15-11-9-10-14-24-52-35-26-32(30-18-21-34(49-6)22-19-30)25-33(27-35)36-28-43(4)42(48)44(5)40(36)46/h12-13,16-19,21-22,25-29,39H,7-11,14-15,20,23-24H2,1-6H3. The predicted octanol–water partition coefficient (Wildman–Crippen LogP) is 6.90. The van der Waals surface area contributed by atoms with Crippen molar-refractivity contribution in [3.05, 3.63) is 99.3 Å². The van der Waals surface area contributed by atoms with Crippen molar-refractivity contribution in [1.82, 2.24) is 9.13 Å². The van der Waals surface area contributed by atoms with Crippen molar-refractivity contribution in [2.75, 3.05) is 26.9 Å². The summed E-state index contributed by atoms with van der Waals surface area (Å²) in [6.07, 6.45) is 5.76. The lowest BCUT2D eigenvalue weighted by atomic mass is 9.96. The van der Waals surface area contributed by atoms with Gasteiger partial charge in [-0.3, -0.25) is 14.2 Å². The topological polar surface area (TPSA) is 124 Å². The fourth-order valence-electron chi connectivity index (χ4n) is 6.11. The Morgan fingerprint density at radius 1 is 0.792 bits per heavy atom. The maximum atomic E-state index is 13.1. The highest BCUT2D eigenvalue weighted by Gasteiger charge is 2.29. The third-order valence-electron chi connectivity index (χ3n) is 9.08. The molecular formula is C42H52N2O9. The average Bonchev–Trinajstić information content (AvgIpc) is 3.16. The highest BCUT2D eigenvalue weighted by molar-refractivity contribution is 5.76. The smallest absolute Gasteiger partial charge is 0.347 e. The van der Waals surface area contributed by atoms with Crippen LogP contribution < -0.4 is 25.5 Å². The number of hydrogen-bond acceptors (Lipinski definition) is 9. The van der Waals surface area contributed by atoms with E-state index < -0.39 is 17.8 Å². The van der Waals surface area contributed by atoms with Gasteiger partial charge < -0.3 is 28.3 Å². The van der Waals surface area contributed by atoms with E-state index in [9.17, 15) is 19.2 Å². The number of carbonyl (C=O) groups is 2. The molecule has 0 spiro atoms. The molecule has 0 bridgehead atoms. The van der Waals surface area contributed by atoms with Crippen molar-refractivity contribution in [2.24, 2.45) is 20.0 Å². The summed E-state index contributed by atoms with van der Waals surface area (Å²) in [5.41, 5.74) is 2.90. The molecule has 0 N–H and O–H groups in total. The van der Waals surface area contributed by atoms with Crippen LogP contribution in [0.2, 0.25) is 0 Å². The number of carbonyl (C=O) groups excluding carboxylic acids is 2. The van der Waals surface area contributed by atoms with Gasteiger partial charge in [-0.15, -0.1) is 0 Å². The van der Waals surface area contributed by atoms with Crippen molar-refractivity contribution in [2.45, 2.75) is 71.8 Å². The van der Waals surface area contributed by atoms with Gasteiger partial charge in [-0.1, -0.05) is 56.5 Å². The van der Waals surface area contributed by atoms with Gasteiger partial charge in [0.15, 0.2) is 6.10 Å². The summed E-state index contributed by atoms with van der Waals surface area (Å²) in [6.45, 7) is 6.61. The van der Waals surface area contributed by atoms with Gasteiger partial charge in [-0.2, -0.15) is 0 Å². The minimum Gasteiger partial charge on any atom is -0.497 e. The largest absolute Gasteiger partial charge is 0.497 e. The van der Waals surface area contributed by atoms with Gasteiger partial charge >= 0.3 is 17.6 Å². The molecule has 4 rings (SSSR count). The number of para-hydroxylation sites is 1. The SMILES string of the molecule is CCOC(=O)CCc1ccccc1OC(C(=O)OCC)C(C)CCCCCCOc1cc(-c2ccc(OC)cc2)cc(-c2cn(C)c(=O)n(C)c2=O)c1. The Balaban J connectivity index is 1.36. The van der Waals surface area contributed by atoms with Crippen molar-refractivity contribution in [3.63, 3.8) is 0 Å². The fraction of sp³-hybridized carbons (Fsp3) is 0.429. The summed E-state index contributed by atoms with van der Waals surface area (Å²) in [5.74, 6) is 1.14. The number of esters is 2. The molecule has 0 saturated heterocycles. The van der Waals surface area contributed by atoms with E-state index in [0.717, 1.165) is 59.1 Å². The van der Waals surface area contributed by atoms with E-state index in [4.69, 9.17) is 23.7 Å². The molecule has 0 fully saturated rings. The van der Waals surface area contributed by atoms with Crippen LogP contribution in [0, 0.1) is 5.92 Å². The van der Waals surface area contributed by atoms with E-state index in [1.54, 1.807) is 34.2 Å². The van der Waals surface area contributed by atoms with Gasteiger partial charge in [-0.25, -0.2) is 9.59 Å². The number of unbranched alkanes of at least 4 members (excludes halogenated alkanes) is 3. The Morgan fingerprint density at radius 3 is 2.21 bits per heavy atom. The molecule has 0 aliphatic heterocycles. The van der Waals surface area contributed by atoms with E-state index >= 15 is 0 Å². The van der Waals surface area contributed by atoms with Gasteiger partial charge in [-0.05, 0) is 91.8 Å². The first kappa shape index (κ1) is 40.5. The molecule has 3 aromatic carbocycles. The zero-order chi connectivity index (χ0) is 38.3. The molecule has 4 aromatic rings. The Labute approximate surface area is 311 Å². The molecule has 11 heteroatoms. The third-order valence-corrected chi connectivity index (χ3v) is 9.08. The summed E-state index contributed by atoms with van der Waals surface area (Å²) in [5, 5.41) is 0. The van der Waals surface area contributed by atoms with Crippen LogP contribution in [-0.4, -0.2) is 54.1 Å². The highest BCUT2D eigenvalue weighted by atomic mass is 16.6. The number of rotatable bonds is 20. The van der Waals surface area contributed by atoms with Crippen LogP contribution in [0.1, 0.15) is 64.9 Å². The average molecular weight is 729 g/mol. The van der Waals surface area contributed by atoms with E-state index in [-0.39, 0.29) is 30.5 Å². The Morgan fingerprint density at radius 2 is 1.49 bits per heavy atom. The summed E-state index contributed by atoms with van der Waals surface area (Å²) in [4.78, 5) is 50.5. The van der Waals surface area contributed by atoms with Gasteiger partial charge in [0, 0.05) is 32.6 Å². The van der Waals surface area contributed by atoms with E-state index in [1.807, 2.05) is 73.7 Å². The van der Waals surface area contributed by atoms with Crippen molar-refractivity contribution in [3.8, 4) is 39.5 Å². The molecule has 11 nitrogen and oxygen atoms in total. The minimum atomic E-state index is -0.780. The quantitative estimate of drug-likeness (QED) is 0.0706. The second kappa shape index (κ2) is 20.1. The molecule has 2 atom stereocenters. The van der Waals surface area contributed by atoms with Crippen LogP contribution in [0.4, 0.5) is 0 Å². The van der Waals surface area contributed by atoms with E-state index in [0.29, 0.717) is 42.3 Å². The lowest BCUT2D eigenvalue weighted by Crippen LogP contribution is -2.37. The second-order valence-electron chi connectivity index (χ2n) is 13.0. The summed E-state index contributed by atoms with van der Waals surface area (Å²) in [6, 6.07) is 20.8. The normalized spacial score (nSPS) is 12.1. The Hall–Kier alpha value is -5.32. The molecule has 53 heavy (non-hydrogen) atoms. The number of aryl methyl sites for hydroxylation is 2. The second-order valence-corrected chi connectivity index (χ2v) is 13.0. The number of aromatic nitrogens is 2. The highest BCUT2D eigenvalue weighted by Crippen LogP contribution is 2.32. The summed E-state index contributed by atoms with van der Waals surface area (Å²) >= 11 is 0. The molecule has 1 aromatic heterocycles. The van der Waals surface area contributed by atoms with Crippen molar-refractivity contribution < 1.29 is 33.3 Å². The molecular weight excluding hydrogens is 676 g/mol. The minimum absolute atomic E-state index is 0.104. The first-order valence-corrected chi connectivity index (χ1v) is 18.3. The van der Waals surface area contributed by atoms with Crippen LogP contribution in [-0.2, 0) is 39.6 Å². The predicted molar refractivity (Wildman–Crippen MR) is 205 cm³/mol. The Kier molecular flexibility index (Phi) is 15.3. The maximum Gasteiger partial charge on any atom is 0.347 e. The number of hydrogen-bond donors (Lipinski definition) is 0. The molecule has 0 saturated carbocycles. The van der Waals surface area contributed by atoms with Gasteiger partial charge in [0.1, 0.15) is 17.2 Å². The number of ether oxygens (including phenoxy) is 5. The lowest BCUT2D eigenvalue weighted by molar-refractivity contribution is -0.154. The van der Waals surface area contributed by atoms with E-state index in [2.05, 4.69) is 0 Å². The molecule has 284 valence electrons. The monoisotopic (exact) mass is 728 g/mol. The fourth-order valence-corrected chi connectivity index (χ4v) is 6.11. The van der Waals surface area contributed by atoms with Gasteiger partial charge in [0.05, 0.1) is 32.5 Å². The number of nitrogens with zero attached hydrogens (tertiary/aromatic N) is 2. The summed E-state index contributed by atoms with van der Waals surface area (Å²) in [7, 11) is 4.71. The first-order chi connectivity index (χ1) is 25.6. The zero-order valence-corrected chi connectivity index (χ0v) is 31.7. The van der Waals surface area contributed by atoms with Crippen molar-refractivity contribution in [1.29, 1.82) is 0 Å². The first-order valence-electron chi connectivity index (χ1n) is 18.3. The van der Waals surface area contributed by atoms with Crippen LogP contribution in [0.25, 0.3) is 22.3 Å².